The summed E-state index contributed by atoms with van der Waals surface area (Å²) >= 11 is 0. The van der Waals surface area contributed by atoms with Crippen molar-refractivity contribution in [2.45, 2.75) is 19.9 Å². The molecule has 0 spiro atoms. The fourth-order valence-electron chi connectivity index (χ4n) is 1.37. The zero-order valence-corrected chi connectivity index (χ0v) is 9.43. The first-order chi connectivity index (χ1) is 7.76. The van der Waals surface area contributed by atoms with E-state index in [1.165, 1.54) is 12.1 Å². The van der Waals surface area contributed by atoms with Crippen molar-refractivity contribution in [2.24, 2.45) is 0 Å². The summed E-state index contributed by atoms with van der Waals surface area (Å²) in [5.41, 5.74) is 0.808. The number of alkyl halides is 1. The van der Waals surface area contributed by atoms with E-state index in [0.29, 0.717) is 12.3 Å². The summed E-state index contributed by atoms with van der Waals surface area (Å²) < 4.78 is 30.1. The zero-order valence-electron chi connectivity index (χ0n) is 9.43. The highest BCUT2D eigenvalue weighted by Crippen LogP contribution is 2.16. The quantitative estimate of drug-likeness (QED) is 0.726. The summed E-state index contributed by atoms with van der Waals surface area (Å²) in [6.07, 6.45) is 1.03. The van der Waals surface area contributed by atoms with Crippen molar-refractivity contribution >= 4 is 0 Å². The van der Waals surface area contributed by atoms with Crippen LogP contribution in [0.2, 0.25) is 0 Å². The lowest BCUT2D eigenvalue weighted by atomic mass is 10.2. The average molecular weight is 229 g/mol. The molecule has 0 heterocycles. The van der Waals surface area contributed by atoms with Crippen LogP contribution in [-0.4, -0.2) is 19.8 Å². The van der Waals surface area contributed by atoms with Gasteiger partial charge < -0.3 is 10.1 Å². The van der Waals surface area contributed by atoms with Gasteiger partial charge in [0.25, 0.3) is 0 Å². The first kappa shape index (κ1) is 12.9. The molecule has 0 bridgehead atoms. The largest absolute Gasteiger partial charge is 0.491 e. The second-order valence-corrected chi connectivity index (χ2v) is 3.51. The highest BCUT2D eigenvalue weighted by molar-refractivity contribution is 5.29. The maximum Gasteiger partial charge on any atom is 0.127 e. The van der Waals surface area contributed by atoms with Crippen LogP contribution in [0.5, 0.6) is 5.75 Å². The fraction of sp³-hybridized carbons (Fsp3) is 0.500. The molecule has 0 aromatic heterocycles. The lowest BCUT2D eigenvalue weighted by Gasteiger charge is -2.08. The molecule has 16 heavy (non-hydrogen) atoms. The Hall–Kier alpha value is -1.16. The van der Waals surface area contributed by atoms with Gasteiger partial charge in [-0.2, -0.15) is 0 Å². The van der Waals surface area contributed by atoms with Gasteiger partial charge in [0.05, 0.1) is 0 Å². The summed E-state index contributed by atoms with van der Waals surface area (Å²) in [5, 5.41) is 3.17. The molecule has 1 aromatic carbocycles. The van der Waals surface area contributed by atoms with Gasteiger partial charge in [-0.05, 0) is 30.7 Å². The highest BCUT2D eigenvalue weighted by atomic mass is 19.1. The first-order valence-corrected chi connectivity index (χ1v) is 5.45. The van der Waals surface area contributed by atoms with Crippen molar-refractivity contribution in [3.8, 4) is 5.75 Å². The van der Waals surface area contributed by atoms with Crippen LogP contribution in [0.15, 0.2) is 18.2 Å². The molecule has 1 aromatic rings. The van der Waals surface area contributed by atoms with Gasteiger partial charge in [-0.3, -0.25) is 0 Å². The summed E-state index contributed by atoms with van der Waals surface area (Å²) in [4.78, 5) is 0. The fourth-order valence-corrected chi connectivity index (χ4v) is 1.37. The van der Waals surface area contributed by atoms with Gasteiger partial charge in [-0.25, -0.2) is 8.78 Å². The molecule has 0 amide bonds. The Bertz CT molecular complexity index is 318. The van der Waals surface area contributed by atoms with Gasteiger partial charge in [0.1, 0.15) is 24.8 Å². The van der Waals surface area contributed by atoms with Crippen LogP contribution in [-0.2, 0) is 6.54 Å². The lowest BCUT2D eigenvalue weighted by molar-refractivity contribution is 0.272. The monoisotopic (exact) mass is 229 g/mol. The van der Waals surface area contributed by atoms with Crippen molar-refractivity contribution in [2.75, 3.05) is 19.8 Å². The van der Waals surface area contributed by atoms with Gasteiger partial charge in [0.15, 0.2) is 0 Å². The molecule has 0 radical (unpaired) electrons. The van der Waals surface area contributed by atoms with Gasteiger partial charge in [-0.1, -0.05) is 6.92 Å². The maximum absolute atomic E-state index is 13.2. The minimum absolute atomic E-state index is 0.0364. The van der Waals surface area contributed by atoms with E-state index in [2.05, 4.69) is 12.2 Å². The Morgan fingerprint density at radius 2 is 2.12 bits per heavy atom. The third-order valence-corrected chi connectivity index (χ3v) is 2.03. The van der Waals surface area contributed by atoms with Crippen LogP contribution in [0.25, 0.3) is 0 Å². The molecule has 0 aliphatic rings. The second kappa shape index (κ2) is 7.17. The number of ether oxygens (including phenoxy) is 1. The third kappa shape index (κ3) is 4.57. The Balaban J connectivity index is 2.58. The molecule has 0 unspecified atom stereocenters. The Labute approximate surface area is 94.6 Å². The molecular weight excluding hydrogens is 212 g/mol. The van der Waals surface area contributed by atoms with Crippen molar-refractivity contribution in [1.29, 1.82) is 0 Å². The Morgan fingerprint density at radius 3 is 2.81 bits per heavy atom. The number of hydrogen-bond acceptors (Lipinski definition) is 2. The van der Waals surface area contributed by atoms with Crippen LogP contribution in [0.1, 0.15) is 18.9 Å². The number of hydrogen-bond donors (Lipinski definition) is 1. The molecule has 4 heteroatoms. The van der Waals surface area contributed by atoms with E-state index < -0.39 is 6.67 Å². The smallest absolute Gasteiger partial charge is 0.127 e. The van der Waals surface area contributed by atoms with E-state index in [1.54, 1.807) is 6.07 Å². The first-order valence-electron chi connectivity index (χ1n) is 5.45. The molecule has 0 fully saturated rings. The molecule has 2 nitrogen and oxygen atoms in total. The number of benzene rings is 1. The van der Waals surface area contributed by atoms with Gasteiger partial charge in [-0.15, -0.1) is 0 Å². The van der Waals surface area contributed by atoms with Gasteiger partial charge in [0.2, 0.25) is 0 Å². The van der Waals surface area contributed by atoms with Crippen molar-refractivity contribution in [3.63, 3.8) is 0 Å². The third-order valence-electron chi connectivity index (χ3n) is 2.03. The minimum atomic E-state index is -0.570. The van der Waals surface area contributed by atoms with Crippen molar-refractivity contribution in [3.05, 3.63) is 29.6 Å². The summed E-state index contributed by atoms with van der Waals surface area (Å²) in [5.74, 6) is 0.0237. The number of nitrogens with one attached hydrogen (secondary N) is 1. The molecule has 1 rings (SSSR count). The Kier molecular flexibility index (Phi) is 5.78. The molecular formula is C12H17F2NO. The minimum Gasteiger partial charge on any atom is -0.491 e. The molecule has 90 valence electrons. The molecule has 0 atom stereocenters. The molecule has 0 aliphatic carbocycles. The van der Waals surface area contributed by atoms with E-state index in [1.807, 2.05) is 0 Å². The predicted molar refractivity (Wildman–Crippen MR) is 59.9 cm³/mol. The van der Waals surface area contributed by atoms with Crippen molar-refractivity contribution in [1.82, 2.24) is 5.32 Å². The summed E-state index contributed by atoms with van der Waals surface area (Å²) in [7, 11) is 0. The van der Waals surface area contributed by atoms with E-state index >= 15 is 0 Å². The second-order valence-electron chi connectivity index (χ2n) is 3.51. The topological polar surface area (TPSA) is 21.3 Å². The average Bonchev–Trinajstić information content (AvgIpc) is 2.26. The highest BCUT2D eigenvalue weighted by Gasteiger charge is 2.01. The Morgan fingerprint density at radius 1 is 1.31 bits per heavy atom. The van der Waals surface area contributed by atoms with Crippen LogP contribution >= 0.6 is 0 Å². The van der Waals surface area contributed by atoms with Gasteiger partial charge >= 0.3 is 0 Å². The van der Waals surface area contributed by atoms with E-state index in [4.69, 9.17) is 4.74 Å². The molecule has 0 saturated carbocycles. The zero-order chi connectivity index (χ0) is 11.8. The predicted octanol–water partition coefficient (Wildman–Crippen LogP) is 2.67. The molecule has 1 N–H and O–H groups in total. The van der Waals surface area contributed by atoms with E-state index in [9.17, 15) is 8.78 Å². The molecule has 0 aliphatic heterocycles. The number of halogens is 2. The van der Waals surface area contributed by atoms with Crippen LogP contribution in [0, 0.1) is 5.82 Å². The van der Waals surface area contributed by atoms with E-state index in [0.717, 1.165) is 18.5 Å². The summed E-state index contributed by atoms with van der Waals surface area (Å²) in [6, 6.07) is 4.44. The SMILES string of the molecule is CCCNCc1cc(F)cc(OCCF)c1. The van der Waals surface area contributed by atoms with Gasteiger partial charge in [0, 0.05) is 12.6 Å². The summed E-state index contributed by atoms with van der Waals surface area (Å²) in [6.45, 7) is 2.94. The number of rotatable bonds is 7. The normalized spacial score (nSPS) is 10.4. The maximum atomic E-state index is 13.2. The van der Waals surface area contributed by atoms with Crippen LogP contribution in [0.4, 0.5) is 8.78 Å². The van der Waals surface area contributed by atoms with Crippen molar-refractivity contribution < 1.29 is 13.5 Å². The van der Waals surface area contributed by atoms with Crippen LogP contribution in [0.3, 0.4) is 0 Å². The van der Waals surface area contributed by atoms with E-state index in [-0.39, 0.29) is 12.4 Å². The standard InChI is InChI=1S/C12H17F2NO/c1-2-4-15-9-10-6-11(14)8-12(7-10)16-5-3-13/h6-8,15H,2-5,9H2,1H3. The molecule has 0 saturated heterocycles. The lowest BCUT2D eigenvalue weighted by Crippen LogP contribution is -2.14. The van der Waals surface area contributed by atoms with Crippen LogP contribution < -0.4 is 10.1 Å².